The van der Waals surface area contributed by atoms with Crippen LogP contribution in [0.2, 0.25) is 0 Å². The smallest absolute Gasteiger partial charge is 0.288 e. The number of rotatable bonds is 7. The number of ether oxygens (including phenoxy) is 2. The molecule has 7 nitrogen and oxygen atoms in total. The Morgan fingerprint density at radius 2 is 1.63 bits per heavy atom. The largest absolute Gasteiger partial charge is 0.497 e. The lowest BCUT2D eigenvalue weighted by molar-refractivity contribution is 0.0944. The lowest BCUT2D eigenvalue weighted by atomic mass is 10.2. The predicted molar refractivity (Wildman–Crippen MR) is 107 cm³/mol. The number of aromatic nitrogens is 2. The second-order valence-corrected chi connectivity index (χ2v) is 7.58. The van der Waals surface area contributed by atoms with E-state index in [1.54, 1.807) is 18.9 Å². The fraction of sp³-hybridized carbons (Fsp3) is 0.579. The molecule has 8 heteroatoms. The quantitative estimate of drug-likeness (QED) is 0.671. The average molecular weight is 393 g/mol. The molecule has 0 atom stereocenters. The first-order valence-corrected chi connectivity index (χ1v) is 9.65. The first kappa shape index (κ1) is 19.9. The minimum Gasteiger partial charge on any atom is -0.497 e. The first-order chi connectivity index (χ1) is 13.0. The average Bonchev–Trinajstić information content (AvgIpc) is 3.03. The van der Waals surface area contributed by atoms with Crippen LogP contribution in [0.4, 0.5) is 0 Å². The third-order valence-electron chi connectivity index (χ3n) is 4.63. The summed E-state index contributed by atoms with van der Waals surface area (Å²) in [6.45, 7) is 10.5. The minimum atomic E-state index is 0.372. The van der Waals surface area contributed by atoms with Crippen molar-refractivity contribution in [2.75, 3.05) is 46.9 Å². The molecular weight excluding hydrogens is 364 g/mol. The molecule has 1 fully saturated rings. The second kappa shape index (κ2) is 8.86. The van der Waals surface area contributed by atoms with Gasteiger partial charge in [0.1, 0.15) is 11.5 Å². The van der Waals surface area contributed by atoms with Crippen LogP contribution in [0.1, 0.15) is 13.8 Å². The lowest BCUT2D eigenvalue weighted by Gasteiger charge is -2.35. The SMILES string of the molecule is COc1cc(OC)cc(-c2nn(CN3CCN(CC(C)C)CC3)c(=S)o2)c1. The maximum atomic E-state index is 5.73. The van der Waals surface area contributed by atoms with Gasteiger partial charge < -0.3 is 18.8 Å². The molecule has 2 aromatic rings. The van der Waals surface area contributed by atoms with Gasteiger partial charge in [-0.25, -0.2) is 4.68 Å². The Morgan fingerprint density at radius 3 is 2.19 bits per heavy atom. The number of methoxy groups -OCH3 is 2. The van der Waals surface area contributed by atoms with Crippen molar-refractivity contribution in [3.8, 4) is 23.0 Å². The zero-order valence-corrected chi connectivity index (χ0v) is 17.3. The van der Waals surface area contributed by atoms with E-state index in [2.05, 4.69) is 28.7 Å². The third-order valence-corrected chi connectivity index (χ3v) is 4.92. The van der Waals surface area contributed by atoms with E-state index < -0.39 is 0 Å². The molecule has 0 N–H and O–H groups in total. The summed E-state index contributed by atoms with van der Waals surface area (Å²) in [6.07, 6.45) is 0. The molecule has 0 spiro atoms. The topological polar surface area (TPSA) is 55.9 Å². The van der Waals surface area contributed by atoms with Crippen molar-refractivity contribution in [1.82, 2.24) is 19.6 Å². The minimum absolute atomic E-state index is 0.372. The molecule has 1 aliphatic heterocycles. The van der Waals surface area contributed by atoms with Crippen LogP contribution in [0, 0.1) is 10.8 Å². The summed E-state index contributed by atoms with van der Waals surface area (Å²) in [5.41, 5.74) is 0.776. The molecule has 3 rings (SSSR count). The predicted octanol–water partition coefficient (Wildman–Crippen LogP) is 3.12. The van der Waals surface area contributed by atoms with Crippen molar-refractivity contribution in [3.05, 3.63) is 23.0 Å². The van der Waals surface area contributed by atoms with Crippen LogP contribution in [0.3, 0.4) is 0 Å². The Bertz CT molecular complexity index is 787. The summed E-state index contributed by atoms with van der Waals surface area (Å²) < 4.78 is 18.1. The van der Waals surface area contributed by atoms with E-state index >= 15 is 0 Å². The standard InChI is InChI=1S/C19H28N4O3S/c1-14(2)12-21-5-7-22(8-6-21)13-23-19(27)26-18(20-23)15-9-16(24-3)11-17(10-15)25-4/h9-11,14H,5-8,12-13H2,1-4H3. The maximum Gasteiger partial charge on any atom is 0.288 e. The van der Waals surface area contributed by atoms with Crippen LogP contribution >= 0.6 is 12.2 Å². The Balaban J connectivity index is 1.70. The van der Waals surface area contributed by atoms with Gasteiger partial charge in [0.05, 0.1) is 20.9 Å². The van der Waals surface area contributed by atoms with Gasteiger partial charge in [0.25, 0.3) is 4.84 Å². The normalized spacial score (nSPS) is 16.0. The van der Waals surface area contributed by atoms with Gasteiger partial charge in [-0.15, -0.1) is 5.10 Å². The van der Waals surface area contributed by atoms with Gasteiger partial charge in [0.15, 0.2) is 0 Å². The second-order valence-electron chi connectivity index (χ2n) is 7.23. The molecule has 1 saturated heterocycles. The molecular formula is C19H28N4O3S. The number of nitrogens with zero attached hydrogens (tertiary/aromatic N) is 4. The molecule has 1 aromatic heterocycles. The summed E-state index contributed by atoms with van der Waals surface area (Å²) in [5.74, 6) is 2.53. The molecule has 2 heterocycles. The number of benzene rings is 1. The van der Waals surface area contributed by atoms with Gasteiger partial charge in [-0.2, -0.15) is 0 Å². The first-order valence-electron chi connectivity index (χ1n) is 9.24. The van der Waals surface area contributed by atoms with Gasteiger partial charge in [-0.1, -0.05) is 13.8 Å². The van der Waals surface area contributed by atoms with Crippen LogP contribution < -0.4 is 9.47 Å². The van der Waals surface area contributed by atoms with E-state index in [-0.39, 0.29) is 0 Å². The summed E-state index contributed by atoms with van der Waals surface area (Å²) in [6, 6.07) is 5.53. The zero-order valence-electron chi connectivity index (χ0n) is 16.5. The molecule has 148 valence electrons. The molecule has 27 heavy (non-hydrogen) atoms. The van der Waals surface area contributed by atoms with E-state index in [9.17, 15) is 0 Å². The van der Waals surface area contributed by atoms with Crippen molar-refractivity contribution >= 4 is 12.2 Å². The molecule has 0 aliphatic carbocycles. The fourth-order valence-electron chi connectivity index (χ4n) is 3.26. The van der Waals surface area contributed by atoms with Crippen molar-refractivity contribution in [3.63, 3.8) is 0 Å². The molecule has 0 saturated carbocycles. The van der Waals surface area contributed by atoms with Gasteiger partial charge in [0, 0.05) is 44.4 Å². The maximum absolute atomic E-state index is 5.73. The van der Waals surface area contributed by atoms with Gasteiger partial charge >= 0.3 is 0 Å². The highest BCUT2D eigenvalue weighted by atomic mass is 32.1. The van der Waals surface area contributed by atoms with E-state index in [0.29, 0.717) is 34.8 Å². The van der Waals surface area contributed by atoms with E-state index in [4.69, 9.17) is 26.1 Å². The fourth-order valence-corrected chi connectivity index (χ4v) is 3.44. The summed E-state index contributed by atoms with van der Waals surface area (Å²) in [7, 11) is 3.23. The van der Waals surface area contributed by atoms with Gasteiger partial charge in [-0.05, 0) is 30.3 Å². The number of hydrogen-bond donors (Lipinski definition) is 0. The van der Waals surface area contributed by atoms with Crippen LogP contribution in [-0.2, 0) is 6.67 Å². The highest BCUT2D eigenvalue weighted by molar-refractivity contribution is 7.71. The molecule has 0 amide bonds. The van der Waals surface area contributed by atoms with Crippen molar-refractivity contribution < 1.29 is 13.9 Å². The van der Waals surface area contributed by atoms with Crippen LogP contribution in [0.15, 0.2) is 22.6 Å². The van der Waals surface area contributed by atoms with Crippen molar-refractivity contribution in [2.45, 2.75) is 20.5 Å². The van der Waals surface area contributed by atoms with Crippen LogP contribution in [0.25, 0.3) is 11.5 Å². The molecule has 1 aliphatic rings. The van der Waals surface area contributed by atoms with Crippen LogP contribution in [-0.4, -0.2) is 66.5 Å². The summed E-state index contributed by atoms with van der Waals surface area (Å²) >= 11 is 5.38. The monoisotopic (exact) mass is 392 g/mol. The lowest BCUT2D eigenvalue weighted by Crippen LogP contribution is -2.47. The van der Waals surface area contributed by atoms with Gasteiger partial charge in [-0.3, -0.25) is 4.90 Å². The zero-order chi connectivity index (χ0) is 19.4. The molecule has 0 bridgehead atoms. The van der Waals surface area contributed by atoms with E-state index in [0.717, 1.165) is 38.3 Å². The van der Waals surface area contributed by atoms with E-state index in [1.165, 1.54) is 0 Å². The Hall–Kier alpha value is -1.90. The Kier molecular flexibility index (Phi) is 6.51. The number of hydrogen-bond acceptors (Lipinski definition) is 7. The Morgan fingerprint density at radius 1 is 1.04 bits per heavy atom. The van der Waals surface area contributed by atoms with E-state index in [1.807, 2.05) is 18.2 Å². The van der Waals surface area contributed by atoms with Gasteiger partial charge in [0.2, 0.25) is 5.89 Å². The molecule has 1 aromatic carbocycles. The molecule has 0 unspecified atom stereocenters. The highest BCUT2D eigenvalue weighted by Crippen LogP contribution is 2.29. The summed E-state index contributed by atoms with van der Waals surface area (Å²) in [4.78, 5) is 5.24. The Labute approximate surface area is 165 Å². The van der Waals surface area contributed by atoms with Crippen molar-refractivity contribution in [2.24, 2.45) is 5.92 Å². The third kappa shape index (κ3) is 5.09. The summed E-state index contributed by atoms with van der Waals surface area (Å²) in [5, 5.41) is 4.57. The van der Waals surface area contributed by atoms with Crippen LogP contribution in [0.5, 0.6) is 11.5 Å². The molecule has 0 radical (unpaired) electrons. The van der Waals surface area contributed by atoms with Crippen molar-refractivity contribution in [1.29, 1.82) is 0 Å². The highest BCUT2D eigenvalue weighted by Gasteiger charge is 2.19. The number of piperazine rings is 1.